The molecule has 0 amide bonds. The standard InChI is InChI=1S/C20H33FN4O.HI/c1-4-22-19(23-12-7-13-25(2)14-15-26-3)24-16-20(10-11-20)17-8-5-6-9-18(17)21;/h5-6,8-9H,4,7,10-16H2,1-3H3,(H2,22,23,24);1H. The van der Waals surface area contributed by atoms with Crippen LogP contribution in [0.15, 0.2) is 29.3 Å². The van der Waals surface area contributed by atoms with Crippen molar-refractivity contribution < 1.29 is 9.13 Å². The number of hydrogen-bond acceptors (Lipinski definition) is 3. The largest absolute Gasteiger partial charge is 0.383 e. The van der Waals surface area contributed by atoms with Crippen molar-refractivity contribution in [1.82, 2.24) is 15.5 Å². The summed E-state index contributed by atoms with van der Waals surface area (Å²) in [4.78, 5) is 6.98. The van der Waals surface area contributed by atoms with E-state index in [0.717, 1.165) is 63.6 Å². The maximum Gasteiger partial charge on any atom is 0.191 e. The number of rotatable bonds is 11. The fraction of sp³-hybridized carbons (Fsp3) is 0.650. The molecule has 1 fully saturated rings. The molecule has 2 N–H and O–H groups in total. The maximum absolute atomic E-state index is 14.1. The van der Waals surface area contributed by atoms with Gasteiger partial charge in [0.1, 0.15) is 5.82 Å². The number of methoxy groups -OCH3 is 1. The van der Waals surface area contributed by atoms with Gasteiger partial charge in [0.25, 0.3) is 0 Å². The molecule has 7 heteroatoms. The van der Waals surface area contributed by atoms with Gasteiger partial charge in [0.05, 0.1) is 13.2 Å². The highest BCUT2D eigenvalue weighted by Gasteiger charge is 2.45. The second-order valence-electron chi connectivity index (χ2n) is 7.03. The van der Waals surface area contributed by atoms with E-state index >= 15 is 0 Å². The molecule has 0 aromatic heterocycles. The van der Waals surface area contributed by atoms with Gasteiger partial charge in [-0.15, -0.1) is 24.0 Å². The Kier molecular flexibility index (Phi) is 11.2. The van der Waals surface area contributed by atoms with Gasteiger partial charge in [-0.3, -0.25) is 4.99 Å². The Balaban J connectivity index is 0.00000364. The van der Waals surface area contributed by atoms with Crippen LogP contribution in [0.2, 0.25) is 0 Å². The molecule has 0 aliphatic heterocycles. The highest BCUT2D eigenvalue weighted by Crippen LogP contribution is 2.49. The zero-order valence-electron chi connectivity index (χ0n) is 16.8. The van der Waals surface area contributed by atoms with E-state index in [1.807, 2.05) is 12.1 Å². The Hall–Kier alpha value is -0.930. The molecule has 1 aromatic carbocycles. The van der Waals surface area contributed by atoms with Crippen molar-refractivity contribution >= 4 is 29.9 Å². The zero-order valence-corrected chi connectivity index (χ0v) is 19.1. The second kappa shape index (κ2) is 12.5. The Morgan fingerprint density at radius 3 is 2.63 bits per heavy atom. The fourth-order valence-electron chi connectivity index (χ4n) is 3.04. The van der Waals surface area contributed by atoms with Crippen LogP contribution in [0.25, 0.3) is 0 Å². The number of aliphatic imine (C=N–C) groups is 1. The number of likely N-dealkylation sites (N-methyl/N-ethyl adjacent to an activating group) is 1. The predicted molar refractivity (Wildman–Crippen MR) is 121 cm³/mol. The first kappa shape index (κ1) is 24.1. The Morgan fingerprint density at radius 2 is 2.00 bits per heavy atom. The van der Waals surface area contributed by atoms with E-state index in [1.54, 1.807) is 19.2 Å². The minimum absolute atomic E-state index is 0. The minimum atomic E-state index is -0.117. The molecule has 154 valence electrons. The summed E-state index contributed by atoms with van der Waals surface area (Å²) in [7, 11) is 3.83. The maximum atomic E-state index is 14.1. The lowest BCUT2D eigenvalue weighted by molar-refractivity contribution is 0.161. The van der Waals surface area contributed by atoms with Crippen molar-refractivity contribution in [3.8, 4) is 0 Å². The Bertz CT molecular complexity index is 581. The summed E-state index contributed by atoms with van der Waals surface area (Å²) in [6.45, 7) is 7.05. The summed E-state index contributed by atoms with van der Waals surface area (Å²) >= 11 is 0. The Morgan fingerprint density at radius 1 is 1.26 bits per heavy atom. The Labute approximate surface area is 180 Å². The summed E-state index contributed by atoms with van der Waals surface area (Å²) < 4.78 is 19.2. The smallest absolute Gasteiger partial charge is 0.191 e. The van der Waals surface area contributed by atoms with E-state index in [0.29, 0.717) is 6.54 Å². The van der Waals surface area contributed by atoms with Gasteiger partial charge in [0.15, 0.2) is 5.96 Å². The van der Waals surface area contributed by atoms with Crippen LogP contribution in [0.5, 0.6) is 0 Å². The minimum Gasteiger partial charge on any atom is -0.383 e. The molecule has 1 aliphatic carbocycles. The normalized spacial score (nSPS) is 15.4. The third kappa shape index (κ3) is 7.91. The van der Waals surface area contributed by atoms with E-state index in [9.17, 15) is 4.39 Å². The summed E-state index contributed by atoms with van der Waals surface area (Å²) in [5.41, 5.74) is 0.688. The summed E-state index contributed by atoms with van der Waals surface area (Å²) in [6, 6.07) is 7.09. The van der Waals surface area contributed by atoms with Crippen LogP contribution in [0.3, 0.4) is 0 Å². The van der Waals surface area contributed by atoms with Crippen LogP contribution < -0.4 is 10.6 Å². The lowest BCUT2D eigenvalue weighted by Crippen LogP contribution is -2.39. The van der Waals surface area contributed by atoms with Crippen molar-refractivity contribution in [2.45, 2.75) is 31.6 Å². The highest BCUT2D eigenvalue weighted by atomic mass is 127. The average Bonchev–Trinajstić information content (AvgIpc) is 3.42. The van der Waals surface area contributed by atoms with E-state index in [-0.39, 0.29) is 35.2 Å². The number of nitrogens with zero attached hydrogens (tertiary/aromatic N) is 2. The number of benzene rings is 1. The third-order valence-electron chi connectivity index (χ3n) is 4.87. The van der Waals surface area contributed by atoms with Crippen LogP contribution in [0.4, 0.5) is 4.39 Å². The number of nitrogens with one attached hydrogen (secondary N) is 2. The SMILES string of the molecule is CCNC(=NCC1(c2ccccc2F)CC1)NCCCN(C)CCOC.I. The van der Waals surface area contributed by atoms with Gasteiger partial charge in [0.2, 0.25) is 0 Å². The molecule has 0 saturated heterocycles. The summed E-state index contributed by atoms with van der Waals surface area (Å²) in [5.74, 6) is 0.701. The van der Waals surface area contributed by atoms with Crippen molar-refractivity contribution in [3.05, 3.63) is 35.6 Å². The van der Waals surface area contributed by atoms with Crippen molar-refractivity contribution in [2.24, 2.45) is 4.99 Å². The van der Waals surface area contributed by atoms with Crippen molar-refractivity contribution in [1.29, 1.82) is 0 Å². The topological polar surface area (TPSA) is 48.9 Å². The quantitative estimate of drug-likeness (QED) is 0.216. The molecular formula is C20H34FIN4O. The van der Waals surface area contributed by atoms with Gasteiger partial charge in [-0.25, -0.2) is 4.39 Å². The van der Waals surface area contributed by atoms with Gasteiger partial charge in [0, 0.05) is 32.2 Å². The van der Waals surface area contributed by atoms with Gasteiger partial charge in [-0.05, 0) is 51.4 Å². The summed E-state index contributed by atoms with van der Waals surface area (Å²) in [5, 5.41) is 6.67. The van der Waals surface area contributed by atoms with Gasteiger partial charge in [-0.1, -0.05) is 18.2 Å². The van der Waals surface area contributed by atoms with Crippen LogP contribution in [0.1, 0.15) is 31.7 Å². The second-order valence-corrected chi connectivity index (χ2v) is 7.03. The lowest BCUT2D eigenvalue weighted by atomic mass is 9.95. The van der Waals surface area contributed by atoms with E-state index in [2.05, 4.69) is 29.5 Å². The van der Waals surface area contributed by atoms with Gasteiger partial charge < -0.3 is 20.3 Å². The van der Waals surface area contributed by atoms with Crippen LogP contribution in [0, 0.1) is 5.82 Å². The van der Waals surface area contributed by atoms with Crippen LogP contribution >= 0.6 is 24.0 Å². The highest BCUT2D eigenvalue weighted by molar-refractivity contribution is 14.0. The number of guanidine groups is 1. The molecule has 0 bridgehead atoms. The first-order valence-corrected chi connectivity index (χ1v) is 9.56. The lowest BCUT2D eigenvalue weighted by Gasteiger charge is -2.18. The van der Waals surface area contributed by atoms with Gasteiger partial charge in [-0.2, -0.15) is 0 Å². The third-order valence-corrected chi connectivity index (χ3v) is 4.87. The van der Waals surface area contributed by atoms with E-state index < -0.39 is 0 Å². The molecule has 1 aromatic rings. The number of ether oxygens (including phenoxy) is 1. The van der Waals surface area contributed by atoms with Crippen LogP contribution in [-0.4, -0.2) is 64.3 Å². The zero-order chi connectivity index (χ0) is 18.8. The molecular weight excluding hydrogens is 458 g/mol. The molecule has 0 unspecified atom stereocenters. The molecule has 27 heavy (non-hydrogen) atoms. The molecule has 1 saturated carbocycles. The van der Waals surface area contributed by atoms with Gasteiger partial charge >= 0.3 is 0 Å². The molecule has 2 rings (SSSR count). The predicted octanol–water partition coefficient (Wildman–Crippen LogP) is 3.00. The first-order chi connectivity index (χ1) is 12.6. The molecule has 0 spiro atoms. The van der Waals surface area contributed by atoms with E-state index in [1.165, 1.54) is 0 Å². The molecule has 0 heterocycles. The molecule has 0 radical (unpaired) electrons. The first-order valence-electron chi connectivity index (χ1n) is 9.56. The molecule has 1 aliphatic rings. The van der Waals surface area contributed by atoms with Crippen molar-refractivity contribution in [2.75, 3.05) is 53.5 Å². The monoisotopic (exact) mass is 492 g/mol. The van der Waals surface area contributed by atoms with E-state index in [4.69, 9.17) is 9.73 Å². The molecule has 5 nitrogen and oxygen atoms in total. The average molecular weight is 492 g/mol. The van der Waals surface area contributed by atoms with Crippen molar-refractivity contribution in [3.63, 3.8) is 0 Å². The van der Waals surface area contributed by atoms with Crippen LogP contribution in [-0.2, 0) is 10.2 Å². The fourth-order valence-corrected chi connectivity index (χ4v) is 3.04. The number of hydrogen-bond donors (Lipinski definition) is 2. The molecule has 0 atom stereocenters. The number of halogens is 2. The summed E-state index contributed by atoms with van der Waals surface area (Å²) in [6.07, 6.45) is 3.03.